The fraction of sp³-hybridized carbons (Fsp3) is 0.636. The average molecular weight is 684 g/mol. The van der Waals surface area contributed by atoms with Crippen LogP contribution in [0.3, 0.4) is 0 Å². The molecule has 4 rings (SSSR count). The Bertz CT molecular complexity index is 1390. The highest BCUT2D eigenvalue weighted by Gasteiger charge is 2.45. The molecule has 2 aliphatic rings. The summed E-state index contributed by atoms with van der Waals surface area (Å²) in [4.78, 5) is 18.3. The first-order valence-electron chi connectivity index (χ1n) is 12.2. The number of aromatic nitrogens is 4. The summed E-state index contributed by atoms with van der Waals surface area (Å²) in [7, 11) is -7.29. The lowest BCUT2D eigenvalue weighted by Crippen LogP contribution is -2.49. The molecule has 0 unspecified atom stereocenters. The van der Waals surface area contributed by atoms with Crippen LogP contribution in [0.5, 0.6) is 0 Å². The fourth-order valence-corrected chi connectivity index (χ4v) is 6.55. The monoisotopic (exact) mass is 682 g/mol. The molecule has 0 spiro atoms. The summed E-state index contributed by atoms with van der Waals surface area (Å²) in [5.74, 6) is -8.39. The quantitative estimate of drug-likeness (QED) is 0.336. The minimum absolute atomic E-state index is 0.00813. The van der Waals surface area contributed by atoms with Crippen molar-refractivity contribution in [2.24, 2.45) is 11.8 Å². The van der Waals surface area contributed by atoms with Crippen molar-refractivity contribution in [2.45, 2.75) is 34.7 Å². The van der Waals surface area contributed by atoms with Gasteiger partial charge in [0.05, 0.1) is 47.5 Å². The van der Waals surface area contributed by atoms with Crippen LogP contribution >= 0.6 is 23.2 Å². The van der Waals surface area contributed by atoms with Gasteiger partial charge in [0.15, 0.2) is 29.7 Å². The molecule has 42 heavy (non-hydrogen) atoms. The van der Waals surface area contributed by atoms with Crippen LogP contribution in [-0.2, 0) is 19.7 Å². The second kappa shape index (κ2) is 12.9. The number of anilines is 2. The second-order valence-electron chi connectivity index (χ2n) is 9.86. The van der Waals surface area contributed by atoms with Crippen LogP contribution in [0.2, 0.25) is 10.0 Å². The van der Waals surface area contributed by atoms with Gasteiger partial charge in [-0.05, 0) is 0 Å². The zero-order valence-corrected chi connectivity index (χ0v) is 25.4. The van der Waals surface area contributed by atoms with Gasteiger partial charge < -0.3 is 20.0 Å². The number of hydrogen-bond donors (Lipinski definition) is 2. The van der Waals surface area contributed by atoms with Crippen LogP contribution in [0.15, 0.2) is 22.4 Å². The van der Waals surface area contributed by atoms with E-state index in [1.807, 2.05) is 0 Å². The highest BCUT2D eigenvalue weighted by atomic mass is 35.5. The predicted octanol–water partition coefficient (Wildman–Crippen LogP) is 1.97. The van der Waals surface area contributed by atoms with Gasteiger partial charge in [-0.3, -0.25) is 0 Å². The number of alkyl halides is 4. The Kier molecular flexibility index (Phi) is 10.5. The topological polar surface area (TPSA) is 167 Å². The molecule has 2 aliphatic heterocycles. The first-order valence-corrected chi connectivity index (χ1v) is 16.8. The lowest BCUT2D eigenvalue weighted by atomic mass is 9.94. The zero-order chi connectivity index (χ0) is 31.7. The molecular weight excluding hydrogens is 655 g/mol. The number of aliphatic hydroxyl groups is 2. The molecule has 4 heterocycles. The maximum atomic E-state index is 13.5. The van der Waals surface area contributed by atoms with Crippen molar-refractivity contribution < 1.29 is 44.6 Å². The molecule has 0 saturated carbocycles. The van der Waals surface area contributed by atoms with E-state index in [4.69, 9.17) is 33.4 Å². The first kappa shape index (κ1) is 34.4. The van der Waals surface area contributed by atoms with Gasteiger partial charge >= 0.3 is 0 Å². The van der Waals surface area contributed by atoms with Crippen molar-refractivity contribution in [3.8, 4) is 0 Å². The second-order valence-corrected chi connectivity index (χ2v) is 14.5. The molecule has 0 aromatic carbocycles. The minimum Gasteiger partial charge on any atom is -0.396 e. The van der Waals surface area contributed by atoms with E-state index in [1.165, 1.54) is 9.80 Å². The number of piperidine rings is 2. The molecule has 236 valence electrons. The van der Waals surface area contributed by atoms with E-state index in [-0.39, 0.29) is 58.2 Å². The van der Waals surface area contributed by atoms with E-state index in [2.05, 4.69) is 19.9 Å². The predicted molar refractivity (Wildman–Crippen MR) is 145 cm³/mol. The van der Waals surface area contributed by atoms with Crippen molar-refractivity contribution >= 4 is 54.8 Å². The third-order valence-corrected chi connectivity index (χ3v) is 9.42. The Hall–Kier alpha value is -2.12. The highest BCUT2D eigenvalue weighted by Crippen LogP contribution is 2.36. The summed E-state index contributed by atoms with van der Waals surface area (Å²) in [6.07, 6.45) is 3.23. The van der Waals surface area contributed by atoms with Gasteiger partial charge in [0.1, 0.15) is 0 Å². The molecule has 2 saturated heterocycles. The summed E-state index contributed by atoms with van der Waals surface area (Å²) in [6, 6.07) is 0. The fourth-order valence-electron chi connectivity index (χ4n) is 4.21. The Morgan fingerprint density at radius 1 is 0.786 bits per heavy atom. The van der Waals surface area contributed by atoms with Crippen molar-refractivity contribution in [2.75, 3.05) is 61.7 Å². The molecular formula is C22H28Cl2F4N6O6S2. The number of nitrogens with zero attached hydrogens (tertiary/aromatic N) is 6. The largest absolute Gasteiger partial charge is 0.396 e. The average Bonchev–Trinajstić information content (AvgIpc) is 2.88. The molecule has 0 amide bonds. The van der Waals surface area contributed by atoms with Gasteiger partial charge in [-0.1, -0.05) is 23.2 Å². The number of aliphatic hydroxyl groups excluding tert-OH is 2. The molecule has 20 heteroatoms. The van der Waals surface area contributed by atoms with Crippen LogP contribution in [0.4, 0.5) is 29.5 Å². The van der Waals surface area contributed by atoms with E-state index in [9.17, 15) is 34.4 Å². The van der Waals surface area contributed by atoms with Crippen molar-refractivity contribution in [1.29, 1.82) is 0 Å². The van der Waals surface area contributed by atoms with Crippen molar-refractivity contribution in [3.63, 3.8) is 0 Å². The molecule has 12 nitrogen and oxygen atoms in total. The van der Waals surface area contributed by atoms with Crippen LogP contribution in [0, 0.1) is 11.8 Å². The summed E-state index contributed by atoms with van der Waals surface area (Å²) in [5, 5.41) is 17.2. The van der Waals surface area contributed by atoms with Gasteiger partial charge in [-0.25, -0.2) is 44.4 Å². The third-order valence-electron chi connectivity index (χ3n) is 6.61. The molecule has 0 aliphatic carbocycles. The minimum atomic E-state index is -3.64. The molecule has 2 atom stereocenters. The smallest absolute Gasteiger partial charge is 0.256 e. The normalized spacial score (nSPS) is 22.3. The summed E-state index contributed by atoms with van der Waals surface area (Å²) < 4.78 is 100. The molecule has 0 bridgehead atoms. The summed E-state index contributed by atoms with van der Waals surface area (Å²) in [6.45, 7) is -1.72. The molecule has 2 fully saturated rings. The number of sulfone groups is 2. The number of hydrogen-bond acceptors (Lipinski definition) is 12. The zero-order valence-electron chi connectivity index (χ0n) is 22.3. The Morgan fingerprint density at radius 2 is 1.12 bits per heavy atom. The standard InChI is InChI=1S/2C11H14ClF2N3O3S/c2*1-21(19,20)9-8(12)4-15-10(16-9)17-3-2-11(13,14)7(5-17)6-18/h2*4,7,18H,2-3,5-6H2,1H3/t2*7-/m10/s1. The van der Waals surface area contributed by atoms with E-state index >= 15 is 0 Å². The van der Waals surface area contributed by atoms with E-state index in [0.717, 1.165) is 24.9 Å². The van der Waals surface area contributed by atoms with E-state index in [0.29, 0.717) is 0 Å². The maximum Gasteiger partial charge on any atom is 0.256 e. The summed E-state index contributed by atoms with van der Waals surface area (Å²) in [5.41, 5.74) is 0. The van der Waals surface area contributed by atoms with Crippen LogP contribution in [0.25, 0.3) is 0 Å². The van der Waals surface area contributed by atoms with Crippen molar-refractivity contribution in [1.82, 2.24) is 19.9 Å². The van der Waals surface area contributed by atoms with Crippen LogP contribution in [-0.4, -0.2) is 111 Å². The Morgan fingerprint density at radius 3 is 1.40 bits per heavy atom. The highest BCUT2D eigenvalue weighted by molar-refractivity contribution is 7.91. The van der Waals surface area contributed by atoms with Crippen molar-refractivity contribution in [3.05, 3.63) is 22.4 Å². The van der Waals surface area contributed by atoms with Gasteiger partial charge in [0.2, 0.25) is 11.9 Å². The molecule has 0 radical (unpaired) electrons. The Balaban J connectivity index is 0.000000230. The summed E-state index contributed by atoms with van der Waals surface area (Å²) >= 11 is 11.5. The van der Waals surface area contributed by atoms with Gasteiger partial charge in [0, 0.05) is 51.5 Å². The lowest BCUT2D eigenvalue weighted by Gasteiger charge is -2.37. The number of halogens is 6. The third kappa shape index (κ3) is 8.07. The van der Waals surface area contributed by atoms with Crippen LogP contribution < -0.4 is 9.80 Å². The van der Waals surface area contributed by atoms with Gasteiger partial charge in [-0.15, -0.1) is 0 Å². The lowest BCUT2D eigenvalue weighted by molar-refractivity contribution is -0.0888. The Labute approximate surface area is 249 Å². The van der Waals surface area contributed by atoms with E-state index in [1.54, 1.807) is 0 Å². The van der Waals surface area contributed by atoms with E-state index < -0.39 is 69.4 Å². The number of rotatable bonds is 6. The van der Waals surface area contributed by atoms with Crippen LogP contribution in [0.1, 0.15) is 12.8 Å². The maximum absolute atomic E-state index is 13.5. The SMILES string of the molecule is CS(=O)(=O)c1nc(N2CCC(F)(F)[C@@H](CO)C2)ncc1Cl.CS(=O)(=O)c1nc(N2CCC(F)(F)[C@H](CO)C2)ncc1Cl. The van der Waals surface area contributed by atoms with Gasteiger partial charge in [0.25, 0.3) is 11.8 Å². The van der Waals surface area contributed by atoms with Gasteiger partial charge in [-0.2, -0.15) is 9.97 Å². The molecule has 2 aromatic heterocycles. The molecule has 2 aromatic rings. The molecule has 2 N–H and O–H groups in total. The first-order chi connectivity index (χ1) is 19.3.